The van der Waals surface area contributed by atoms with Gasteiger partial charge in [-0.15, -0.1) is 11.3 Å². The molecule has 0 amide bonds. The maximum absolute atomic E-state index is 5.59. The molecule has 0 aliphatic heterocycles. The van der Waals surface area contributed by atoms with Crippen molar-refractivity contribution in [1.29, 1.82) is 0 Å². The monoisotopic (exact) mass is 281 g/mol. The highest BCUT2D eigenvalue weighted by atomic mass is 32.1. The van der Waals surface area contributed by atoms with Gasteiger partial charge >= 0.3 is 0 Å². The molecule has 0 saturated carbocycles. The number of methoxy groups -OCH3 is 1. The van der Waals surface area contributed by atoms with Crippen molar-refractivity contribution in [2.24, 2.45) is 0 Å². The summed E-state index contributed by atoms with van der Waals surface area (Å²) in [6.45, 7) is 5.37. The number of imidazole rings is 1. The van der Waals surface area contributed by atoms with Gasteiger partial charge in [0.15, 0.2) is 4.96 Å². The van der Waals surface area contributed by atoms with E-state index in [1.165, 1.54) is 0 Å². The number of nitrogens with zero attached hydrogens (tertiary/aromatic N) is 2. The Labute approximate surface area is 118 Å². The van der Waals surface area contributed by atoms with E-state index < -0.39 is 0 Å². The van der Waals surface area contributed by atoms with Crippen molar-refractivity contribution in [3.8, 4) is 0 Å². The van der Waals surface area contributed by atoms with Crippen LogP contribution in [0.2, 0.25) is 0 Å². The van der Waals surface area contributed by atoms with E-state index in [1.54, 1.807) is 18.4 Å². The summed E-state index contributed by atoms with van der Waals surface area (Å²) in [4.78, 5) is 5.72. The first-order chi connectivity index (χ1) is 9.28. The standard InChI is InChI=1S/C14H23N3OS/c1-4-6-15-12(13(5-2)18-3)9-11-10-17-7-8-19-14(17)16-11/h7-8,10,12-13,15H,4-6,9H2,1-3H3. The molecular formula is C14H23N3OS. The summed E-state index contributed by atoms with van der Waals surface area (Å²) in [5, 5.41) is 5.64. The zero-order valence-corrected chi connectivity index (χ0v) is 12.7. The maximum atomic E-state index is 5.59. The van der Waals surface area contributed by atoms with Crippen LogP contribution in [0.1, 0.15) is 32.4 Å². The molecule has 0 aliphatic rings. The van der Waals surface area contributed by atoms with Gasteiger partial charge in [0.2, 0.25) is 0 Å². The second kappa shape index (κ2) is 7.03. The molecular weight excluding hydrogens is 258 g/mol. The van der Waals surface area contributed by atoms with Gasteiger partial charge in [0.05, 0.1) is 11.8 Å². The van der Waals surface area contributed by atoms with Crippen LogP contribution in [-0.2, 0) is 11.2 Å². The van der Waals surface area contributed by atoms with E-state index in [0.717, 1.165) is 36.5 Å². The smallest absolute Gasteiger partial charge is 0.193 e. The molecule has 2 aromatic rings. The first kappa shape index (κ1) is 14.5. The molecule has 2 heterocycles. The van der Waals surface area contributed by atoms with Crippen molar-refractivity contribution in [2.45, 2.75) is 45.3 Å². The van der Waals surface area contributed by atoms with Gasteiger partial charge in [-0.25, -0.2) is 4.98 Å². The highest BCUT2D eigenvalue weighted by molar-refractivity contribution is 7.15. The SMILES string of the molecule is CCCNC(Cc1cn2ccsc2n1)C(CC)OC. The van der Waals surface area contributed by atoms with Crippen molar-refractivity contribution >= 4 is 16.3 Å². The number of hydrogen-bond donors (Lipinski definition) is 1. The van der Waals surface area contributed by atoms with Crippen molar-refractivity contribution in [1.82, 2.24) is 14.7 Å². The predicted molar refractivity (Wildman–Crippen MR) is 79.9 cm³/mol. The van der Waals surface area contributed by atoms with E-state index >= 15 is 0 Å². The molecule has 19 heavy (non-hydrogen) atoms. The fourth-order valence-corrected chi connectivity index (χ4v) is 3.10. The lowest BCUT2D eigenvalue weighted by molar-refractivity contribution is 0.0651. The quantitative estimate of drug-likeness (QED) is 0.808. The van der Waals surface area contributed by atoms with Crippen LogP contribution >= 0.6 is 11.3 Å². The Kier molecular flexibility index (Phi) is 5.36. The fourth-order valence-electron chi connectivity index (χ4n) is 2.38. The highest BCUT2D eigenvalue weighted by Gasteiger charge is 2.20. The van der Waals surface area contributed by atoms with Crippen molar-refractivity contribution in [2.75, 3.05) is 13.7 Å². The van der Waals surface area contributed by atoms with Crippen LogP contribution in [0.15, 0.2) is 17.8 Å². The Morgan fingerprint density at radius 3 is 2.95 bits per heavy atom. The van der Waals surface area contributed by atoms with E-state index in [9.17, 15) is 0 Å². The zero-order valence-electron chi connectivity index (χ0n) is 11.9. The van der Waals surface area contributed by atoms with Crippen LogP contribution in [0.3, 0.4) is 0 Å². The normalized spacial score (nSPS) is 14.9. The van der Waals surface area contributed by atoms with Gasteiger partial charge in [-0.1, -0.05) is 13.8 Å². The second-order valence-corrected chi connectivity index (χ2v) is 5.65. The lowest BCUT2D eigenvalue weighted by atomic mass is 10.0. The van der Waals surface area contributed by atoms with Crippen LogP contribution in [0.5, 0.6) is 0 Å². The Morgan fingerprint density at radius 2 is 2.32 bits per heavy atom. The van der Waals surface area contributed by atoms with Crippen molar-refractivity contribution in [3.05, 3.63) is 23.5 Å². The average Bonchev–Trinajstić information content (AvgIpc) is 2.97. The third kappa shape index (κ3) is 3.55. The molecule has 0 saturated heterocycles. The molecule has 0 aliphatic carbocycles. The summed E-state index contributed by atoms with van der Waals surface area (Å²) in [5.74, 6) is 0. The summed E-state index contributed by atoms with van der Waals surface area (Å²) >= 11 is 1.67. The molecule has 0 radical (unpaired) electrons. The van der Waals surface area contributed by atoms with Crippen LogP contribution in [-0.4, -0.2) is 35.2 Å². The summed E-state index contributed by atoms with van der Waals surface area (Å²) in [6.07, 6.45) is 7.48. The second-order valence-electron chi connectivity index (χ2n) is 4.77. The molecule has 5 heteroatoms. The third-order valence-corrected chi connectivity index (χ3v) is 4.15. The Hall–Kier alpha value is -0.910. The van der Waals surface area contributed by atoms with Crippen LogP contribution in [0.4, 0.5) is 0 Å². The van der Waals surface area contributed by atoms with E-state index in [4.69, 9.17) is 4.74 Å². The molecule has 0 bridgehead atoms. The topological polar surface area (TPSA) is 38.6 Å². The molecule has 0 aromatic carbocycles. The number of rotatable bonds is 8. The first-order valence-electron chi connectivity index (χ1n) is 6.95. The summed E-state index contributed by atoms with van der Waals surface area (Å²) in [7, 11) is 1.79. The molecule has 2 aromatic heterocycles. The zero-order chi connectivity index (χ0) is 13.7. The van der Waals surface area contributed by atoms with E-state index in [0.29, 0.717) is 6.04 Å². The molecule has 0 fully saturated rings. The van der Waals surface area contributed by atoms with Crippen LogP contribution in [0, 0.1) is 0 Å². The number of fused-ring (bicyclic) bond motifs is 1. The minimum atomic E-state index is 0.242. The third-order valence-electron chi connectivity index (χ3n) is 3.38. The first-order valence-corrected chi connectivity index (χ1v) is 7.83. The van der Waals surface area contributed by atoms with E-state index in [2.05, 4.69) is 46.3 Å². The number of ether oxygens (including phenoxy) is 1. The summed E-state index contributed by atoms with van der Waals surface area (Å²) in [5.41, 5.74) is 1.14. The number of nitrogens with one attached hydrogen (secondary N) is 1. The van der Waals surface area contributed by atoms with Gasteiger partial charge in [0.1, 0.15) is 0 Å². The summed E-state index contributed by atoms with van der Waals surface area (Å²) in [6, 6.07) is 0.333. The van der Waals surface area contributed by atoms with E-state index in [1.807, 2.05) is 0 Å². The van der Waals surface area contributed by atoms with Gasteiger partial charge < -0.3 is 10.1 Å². The Bertz CT molecular complexity index is 461. The lowest BCUT2D eigenvalue weighted by Gasteiger charge is -2.25. The Morgan fingerprint density at radius 1 is 1.47 bits per heavy atom. The molecule has 2 unspecified atom stereocenters. The molecule has 2 atom stereocenters. The Balaban J connectivity index is 2.07. The minimum absolute atomic E-state index is 0.242. The van der Waals surface area contributed by atoms with Gasteiger partial charge in [-0.05, 0) is 19.4 Å². The predicted octanol–water partition coefficient (Wildman–Crippen LogP) is 2.73. The molecule has 2 rings (SSSR count). The fraction of sp³-hybridized carbons (Fsp3) is 0.643. The van der Waals surface area contributed by atoms with Gasteiger partial charge in [0, 0.05) is 37.3 Å². The number of hydrogen-bond acceptors (Lipinski definition) is 4. The average molecular weight is 281 g/mol. The van der Waals surface area contributed by atoms with Crippen LogP contribution < -0.4 is 5.32 Å². The van der Waals surface area contributed by atoms with Crippen molar-refractivity contribution in [3.63, 3.8) is 0 Å². The largest absolute Gasteiger partial charge is 0.380 e. The molecule has 1 N–H and O–H groups in total. The minimum Gasteiger partial charge on any atom is -0.380 e. The van der Waals surface area contributed by atoms with E-state index in [-0.39, 0.29) is 6.10 Å². The lowest BCUT2D eigenvalue weighted by Crippen LogP contribution is -2.42. The molecule has 4 nitrogen and oxygen atoms in total. The van der Waals surface area contributed by atoms with Gasteiger partial charge in [-0.3, -0.25) is 4.40 Å². The van der Waals surface area contributed by atoms with Gasteiger partial charge in [-0.2, -0.15) is 0 Å². The number of thiazole rings is 1. The number of aromatic nitrogens is 2. The van der Waals surface area contributed by atoms with Crippen LogP contribution in [0.25, 0.3) is 4.96 Å². The maximum Gasteiger partial charge on any atom is 0.193 e. The van der Waals surface area contributed by atoms with Crippen molar-refractivity contribution < 1.29 is 4.74 Å². The summed E-state index contributed by atoms with van der Waals surface area (Å²) < 4.78 is 7.68. The van der Waals surface area contributed by atoms with Gasteiger partial charge in [0.25, 0.3) is 0 Å². The molecule has 0 spiro atoms. The molecule has 106 valence electrons. The highest BCUT2D eigenvalue weighted by Crippen LogP contribution is 2.15.